The fourth-order valence-corrected chi connectivity index (χ4v) is 4.41. The van der Waals surface area contributed by atoms with E-state index in [0.29, 0.717) is 18.0 Å². The highest BCUT2D eigenvalue weighted by Gasteiger charge is 2.28. The maximum Gasteiger partial charge on any atom is 0.0443 e. The lowest BCUT2D eigenvalue weighted by Crippen LogP contribution is -2.43. The normalized spacial score (nSPS) is 19.9. The molecule has 1 fully saturated rings. The van der Waals surface area contributed by atoms with Crippen molar-refractivity contribution in [2.45, 2.75) is 51.6 Å². The third-order valence-corrected chi connectivity index (χ3v) is 5.66. The van der Waals surface area contributed by atoms with Gasteiger partial charge in [0.2, 0.25) is 0 Å². The van der Waals surface area contributed by atoms with Crippen molar-refractivity contribution in [3.63, 3.8) is 0 Å². The molecule has 1 aromatic heterocycles. The van der Waals surface area contributed by atoms with Crippen LogP contribution in [0, 0.1) is 11.8 Å². The highest BCUT2D eigenvalue weighted by molar-refractivity contribution is 7.10. The zero-order valence-corrected chi connectivity index (χ0v) is 14.2. The highest BCUT2D eigenvalue weighted by atomic mass is 32.1. The predicted octanol–water partition coefficient (Wildman–Crippen LogP) is 4.16. The summed E-state index contributed by atoms with van der Waals surface area (Å²) >= 11 is 1.91. The molecule has 0 aromatic carbocycles. The molecule has 2 rings (SSSR count). The van der Waals surface area contributed by atoms with Gasteiger partial charge >= 0.3 is 0 Å². The Labute approximate surface area is 128 Å². The first kappa shape index (κ1) is 16.0. The van der Waals surface area contributed by atoms with Gasteiger partial charge in [-0.1, -0.05) is 32.8 Å². The van der Waals surface area contributed by atoms with Crippen molar-refractivity contribution in [2.24, 2.45) is 11.8 Å². The summed E-state index contributed by atoms with van der Waals surface area (Å²) in [4.78, 5) is 3.89. The van der Waals surface area contributed by atoms with Gasteiger partial charge in [0.15, 0.2) is 0 Å². The minimum Gasteiger partial charge on any atom is -0.307 e. The molecule has 2 unspecified atom stereocenters. The molecule has 114 valence electrons. The number of hydrogen-bond donors (Lipinski definition) is 1. The summed E-state index contributed by atoms with van der Waals surface area (Å²) in [6.07, 6.45) is 5.61. The summed E-state index contributed by atoms with van der Waals surface area (Å²) in [6, 6.07) is 5.67. The number of nitrogens with zero attached hydrogens (tertiary/aromatic N) is 1. The van der Waals surface area contributed by atoms with E-state index < -0.39 is 0 Å². The Morgan fingerprint density at radius 1 is 1.30 bits per heavy atom. The van der Waals surface area contributed by atoms with Crippen LogP contribution in [0.2, 0.25) is 0 Å². The van der Waals surface area contributed by atoms with Crippen molar-refractivity contribution in [3.05, 3.63) is 22.4 Å². The monoisotopic (exact) mass is 294 g/mol. The SMILES string of the molecule is CC(C)C(CNC(c1cccs1)C1CCCC1)N(C)C. The molecule has 3 heteroatoms. The van der Waals surface area contributed by atoms with Crippen LogP contribution in [-0.2, 0) is 0 Å². The van der Waals surface area contributed by atoms with Crippen LogP contribution in [0.15, 0.2) is 17.5 Å². The molecule has 1 aliphatic carbocycles. The number of nitrogens with one attached hydrogen (secondary N) is 1. The van der Waals surface area contributed by atoms with Gasteiger partial charge in [0.05, 0.1) is 0 Å². The fraction of sp³-hybridized carbons (Fsp3) is 0.765. The van der Waals surface area contributed by atoms with Gasteiger partial charge in [0, 0.05) is 23.5 Å². The summed E-state index contributed by atoms with van der Waals surface area (Å²) in [6.45, 7) is 5.73. The Kier molecular flexibility index (Phi) is 6.06. The third-order valence-electron chi connectivity index (χ3n) is 4.70. The second kappa shape index (κ2) is 7.58. The van der Waals surface area contributed by atoms with E-state index in [1.54, 1.807) is 0 Å². The van der Waals surface area contributed by atoms with E-state index in [1.807, 2.05) is 11.3 Å². The number of rotatable bonds is 7. The van der Waals surface area contributed by atoms with Crippen molar-refractivity contribution in [1.29, 1.82) is 0 Å². The molecule has 1 N–H and O–H groups in total. The predicted molar refractivity (Wildman–Crippen MR) is 89.3 cm³/mol. The zero-order chi connectivity index (χ0) is 14.5. The second-order valence-corrected chi connectivity index (χ2v) is 7.70. The van der Waals surface area contributed by atoms with Crippen molar-refractivity contribution in [1.82, 2.24) is 10.2 Å². The molecule has 1 aliphatic rings. The molecule has 1 aromatic rings. The first-order chi connectivity index (χ1) is 9.59. The molecule has 2 nitrogen and oxygen atoms in total. The molecule has 0 saturated heterocycles. The second-order valence-electron chi connectivity index (χ2n) is 6.72. The van der Waals surface area contributed by atoms with Crippen LogP contribution < -0.4 is 5.32 Å². The summed E-state index contributed by atoms with van der Waals surface area (Å²) in [7, 11) is 4.39. The Bertz CT molecular complexity index is 358. The maximum atomic E-state index is 3.90. The Morgan fingerprint density at radius 3 is 2.50 bits per heavy atom. The van der Waals surface area contributed by atoms with Crippen LogP contribution in [0.5, 0.6) is 0 Å². The molecular weight excluding hydrogens is 264 g/mol. The van der Waals surface area contributed by atoms with Crippen molar-refractivity contribution in [3.8, 4) is 0 Å². The Hall–Kier alpha value is -0.380. The fourth-order valence-electron chi connectivity index (χ4n) is 3.52. The van der Waals surface area contributed by atoms with Crippen molar-refractivity contribution in [2.75, 3.05) is 20.6 Å². The van der Waals surface area contributed by atoms with E-state index in [0.717, 1.165) is 12.5 Å². The van der Waals surface area contributed by atoms with E-state index in [1.165, 1.54) is 30.6 Å². The number of thiophene rings is 1. The maximum absolute atomic E-state index is 3.90. The lowest BCUT2D eigenvalue weighted by Gasteiger charge is -2.32. The Balaban J connectivity index is 2.00. The smallest absolute Gasteiger partial charge is 0.0443 e. The lowest BCUT2D eigenvalue weighted by atomic mass is 9.95. The highest BCUT2D eigenvalue weighted by Crippen LogP contribution is 2.37. The molecule has 1 heterocycles. The summed E-state index contributed by atoms with van der Waals surface area (Å²) < 4.78 is 0. The number of hydrogen-bond acceptors (Lipinski definition) is 3. The molecule has 2 atom stereocenters. The van der Waals surface area contributed by atoms with Gasteiger partial charge in [-0.2, -0.15) is 0 Å². The summed E-state index contributed by atoms with van der Waals surface area (Å²) in [5.74, 6) is 1.52. The van der Waals surface area contributed by atoms with E-state index >= 15 is 0 Å². The average molecular weight is 295 g/mol. The topological polar surface area (TPSA) is 15.3 Å². The van der Waals surface area contributed by atoms with Gasteiger partial charge < -0.3 is 10.2 Å². The van der Waals surface area contributed by atoms with Crippen molar-refractivity contribution >= 4 is 11.3 Å². The first-order valence-electron chi connectivity index (χ1n) is 8.02. The molecule has 20 heavy (non-hydrogen) atoms. The standard InChI is InChI=1S/C17H30N2S/c1-13(2)15(19(3)4)12-18-17(14-8-5-6-9-14)16-10-7-11-20-16/h7,10-11,13-15,17-18H,5-6,8-9,12H2,1-4H3. The van der Waals surface area contributed by atoms with Gasteiger partial charge in [-0.25, -0.2) is 0 Å². The first-order valence-corrected chi connectivity index (χ1v) is 8.90. The molecule has 0 spiro atoms. The lowest BCUT2D eigenvalue weighted by molar-refractivity contribution is 0.210. The van der Waals surface area contributed by atoms with Crippen LogP contribution in [0.3, 0.4) is 0 Å². The summed E-state index contributed by atoms with van der Waals surface area (Å²) in [5, 5.41) is 6.11. The quantitative estimate of drug-likeness (QED) is 0.812. The van der Waals surface area contributed by atoms with Gasteiger partial charge in [-0.3, -0.25) is 0 Å². The van der Waals surface area contributed by atoms with Crippen molar-refractivity contribution < 1.29 is 0 Å². The minimum atomic E-state index is 0.568. The van der Waals surface area contributed by atoms with Crippen LogP contribution in [0.4, 0.5) is 0 Å². The van der Waals surface area contributed by atoms with Crippen LogP contribution in [0.1, 0.15) is 50.4 Å². The molecule has 0 amide bonds. The van der Waals surface area contributed by atoms with E-state index in [4.69, 9.17) is 0 Å². The molecular formula is C17H30N2S. The molecule has 1 saturated carbocycles. The van der Waals surface area contributed by atoms with E-state index in [9.17, 15) is 0 Å². The van der Waals surface area contributed by atoms with Gasteiger partial charge in [0.25, 0.3) is 0 Å². The largest absolute Gasteiger partial charge is 0.307 e. The number of likely N-dealkylation sites (N-methyl/N-ethyl adjacent to an activating group) is 1. The third kappa shape index (κ3) is 4.06. The van der Waals surface area contributed by atoms with Crippen LogP contribution >= 0.6 is 11.3 Å². The van der Waals surface area contributed by atoms with E-state index in [-0.39, 0.29) is 0 Å². The molecule has 0 radical (unpaired) electrons. The summed E-state index contributed by atoms with van der Waals surface area (Å²) in [5.41, 5.74) is 0. The minimum absolute atomic E-state index is 0.568. The average Bonchev–Trinajstić information content (AvgIpc) is 3.06. The van der Waals surface area contributed by atoms with Gasteiger partial charge in [-0.05, 0) is 50.2 Å². The molecule has 0 aliphatic heterocycles. The van der Waals surface area contributed by atoms with Crippen LogP contribution in [-0.4, -0.2) is 31.6 Å². The van der Waals surface area contributed by atoms with Gasteiger partial charge in [-0.15, -0.1) is 11.3 Å². The zero-order valence-electron chi connectivity index (χ0n) is 13.4. The van der Waals surface area contributed by atoms with Crippen LogP contribution in [0.25, 0.3) is 0 Å². The Morgan fingerprint density at radius 2 is 2.00 bits per heavy atom. The molecule has 0 bridgehead atoms. The van der Waals surface area contributed by atoms with E-state index in [2.05, 4.69) is 55.7 Å². The van der Waals surface area contributed by atoms with Gasteiger partial charge in [0.1, 0.15) is 0 Å².